The van der Waals surface area contributed by atoms with Crippen LogP contribution in [0.2, 0.25) is 0 Å². The lowest BCUT2D eigenvalue weighted by atomic mass is 9.85. The Labute approximate surface area is 214 Å². The first-order valence-electron chi connectivity index (χ1n) is 13.3. The van der Waals surface area contributed by atoms with Gasteiger partial charge in [-0.2, -0.15) is 0 Å². The van der Waals surface area contributed by atoms with Crippen molar-refractivity contribution < 1.29 is 9.59 Å². The monoisotopic (exact) mass is 496 g/mol. The molecule has 0 spiro atoms. The van der Waals surface area contributed by atoms with Gasteiger partial charge in [0.2, 0.25) is 5.91 Å². The number of rotatable bonds is 7. The molecule has 4 rings (SSSR count). The molecular weight excluding hydrogens is 456 g/mol. The molecule has 1 aromatic carbocycles. The van der Waals surface area contributed by atoms with E-state index in [0.29, 0.717) is 19.0 Å². The van der Waals surface area contributed by atoms with E-state index < -0.39 is 0 Å². The van der Waals surface area contributed by atoms with E-state index in [-0.39, 0.29) is 17.7 Å². The second-order valence-electron chi connectivity index (χ2n) is 10.3. The summed E-state index contributed by atoms with van der Waals surface area (Å²) in [5, 5.41) is 4.06. The van der Waals surface area contributed by atoms with Crippen LogP contribution in [-0.4, -0.2) is 65.9 Å². The van der Waals surface area contributed by atoms with Crippen molar-refractivity contribution in [2.24, 2.45) is 11.8 Å². The van der Waals surface area contributed by atoms with Crippen LogP contribution in [0.1, 0.15) is 66.4 Å². The Hall–Kier alpha value is -2.25. The third kappa shape index (κ3) is 6.70. The molecule has 0 bridgehead atoms. The number of hydrogen-bond acceptors (Lipinski definition) is 5. The van der Waals surface area contributed by atoms with Crippen molar-refractivity contribution in [1.82, 2.24) is 20.1 Å². The number of thiazole rings is 1. The van der Waals surface area contributed by atoms with Crippen LogP contribution in [0.3, 0.4) is 0 Å². The minimum absolute atomic E-state index is 0.0188. The maximum absolute atomic E-state index is 13.3. The molecule has 2 aliphatic heterocycles. The molecule has 6 nitrogen and oxygen atoms in total. The van der Waals surface area contributed by atoms with E-state index >= 15 is 0 Å². The number of aromatic nitrogens is 1. The Kier molecular flexibility index (Phi) is 8.95. The summed E-state index contributed by atoms with van der Waals surface area (Å²) in [7, 11) is 0. The van der Waals surface area contributed by atoms with E-state index in [1.807, 2.05) is 18.7 Å². The van der Waals surface area contributed by atoms with Crippen molar-refractivity contribution in [2.75, 3.05) is 39.3 Å². The normalized spacial score (nSPS) is 18.8. The topological polar surface area (TPSA) is 65.5 Å². The molecule has 0 unspecified atom stereocenters. The van der Waals surface area contributed by atoms with E-state index in [4.69, 9.17) is 0 Å². The van der Waals surface area contributed by atoms with Crippen LogP contribution in [0.5, 0.6) is 0 Å². The van der Waals surface area contributed by atoms with Crippen LogP contribution in [-0.2, 0) is 4.79 Å². The fourth-order valence-corrected chi connectivity index (χ4v) is 6.27. The molecule has 1 atom stereocenters. The number of amides is 2. The van der Waals surface area contributed by atoms with Crippen molar-refractivity contribution in [3.8, 4) is 10.6 Å². The molecule has 2 aliphatic rings. The minimum atomic E-state index is -0.0188. The predicted octanol–water partition coefficient (Wildman–Crippen LogP) is 4.91. The average molecular weight is 497 g/mol. The first-order valence-corrected chi connectivity index (χ1v) is 14.1. The highest BCUT2D eigenvalue weighted by molar-refractivity contribution is 7.17. The fraction of sp³-hybridized carbons (Fsp3) is 0.607. The standard InChI is InChI=1S/C28H40N4O2S/c1-20-8-10-24(11-9-20)27-30-22(3)25(35-27)28(34)32-17-12-23(13-18-32)21(2)26(33)29-14-19-31-15-6-4-5-7-16-31/h8-11,21,23H,4-7,12-19H2,1-3H3,(H,29,33)/t21-/m1/s1. The van der Waals surface area contributed by atoms with Crippen LogP contribution in [0.15, 0.2) is 24.3 Å². The van der Waals surface area contributed by atoms with Gasteiger partial charge in [0.1, 0.15) is 9.88 Å². The Balaban J connectivity index is 1.25. The summed E-state index contributed by atoms with van der Waals surface area (Å²) >= 11 is 1.48. The molecule has 2 fully saturated rings. The second kappa shape index (κ2) is 12.1. The summed E-state index contributed by atoms with van der Waals surface area (Å²) < 4.78 is 0. The fourth-order valence-electron chi connectivity index (χ4n) is 5.23. The van der Waals surface area contributed by atoms with Gasteiger partial charge in [-0.3, -0.25) is 9.59 Å². The number of nitrogens with one attached hydrogen (secondary N) is 1. The van der Waals surface area contributed by atoms with Gasteiger partial charge in [-0.05, 0) is 58.5 Å². The molecule has 2 amide bonds. The van der Waals surface area contributed by atoms with Crippen LogP contribution < -0.4 is 5.32 Å². The van der Waals surface area contributed by atoms with E-state index in [0.717, 1.165) is 60.2 Å². The minimum Gasteiger partial charge on any atom is -0.355 e. The van der Waals surface area contributed by atoms with Gasteiger partial charge in [0.05, 0.1) is 5.69 Å². The smallest absolute Gasteiger partial charge is 0.265 e. The van der Waals surface area contributed by atoms with E-state index in [1.54, 1.807) is 0 Å². The maximum Gasteiger partial charge on any atom is 0.265 e. The van der Waals surface area contributed by atoms with Crippen molar-refractivity contribution >= 4 is 23.2 Å². The summed E-state index contributed by atoms with van der Waals surface area (Å²) in [6.45, 7) is 11.4. The van der Waals surface area contributed by atoms with Gasteiger partial charge in [0.15, 0.2) is 0 Å². The molecule has 190 valence electrons. The van der Waals surface area contributed by atoms with Crippen LogP contribution in [0.4, 0.5) is 0 Å². The lowest BCUT2D eigenvalue weighted by molar-refractivity contribution is -0.126. The number of piperidine rings is 1. The van der Waals surface area contributed by atoms with Crippen LogP contribution >= 0.6 is 11.3 Å². The lowest BCUT2D eigenvalue weighted by Gasteiger charge is -2.34. The van der Waals surface area contributed by atoms with Crippen LogP contribution in [0.25, 0.3) is 10.6 Å². The molecule has 2 saturated heterocycles. The molecular formula is C28H40N4O2S. The predicted molar refractivity (Wildman–Crippen MR) is 143 cm³/mol. The van der Waals surface area contributed by atoms with Gasteiger partial charge in [0.25, 0.3) is 5.91 Å². The van der Waals surface area contributed by atoms with Gasteiger partial charge in [-0.25, -0.2) is 4.98 Å². The zero-order chi connectivity index (χ0) is 24.8. The summed E-state index contributed by atoms with van der Waals surface area (Å²) in [6.07, 6.45) is 6.95. The number of nitrogens with zero attached hydrogens (tertiary/aromatic N) is 3. The third-order valence-electron chi connectivity index (χ3n) is 7.66. The molecule has 2 aromatic rings. The summed E-state index contributed by atoms with van der Waals surface area (Å²) in [5.41, 5.74) is 3.06. The van der Waals surface area contributed by atoms with E-state index in [1.165, 1.54) is 42.6 Å². The summed E-state index contributed by atoms with van der Waals surface area (Å²) in [5.74, 6) is 0.537. The Morgan fingerprint density at radius 2 is 1.69 bits per heavy atom. The summed E-state index contributed by atoms with van der Waals surface area (Å²) in [4.78, 5) is 35.9. The van der Waals surface area contributed by atoms with Gasteiger partial charge < -0.3 is 15.1 Å². The van der Waals surface area contributed by atoms with Crippen molar-refractivity contribution in [1.29, 1.82) is 0 Å². The van der Waals surface area contributed by atoms with Gasteiger partial charge in [-0.1, -0.05) is 49.6 Å². The first kappa shape index (κ1) is 25.8. The number of carbonyl (C=O) groups is 2. The summed E-state index contributed by atoms with van der Waals surface area (Å²) in [6, 6.07) is 8.27. The molecule has 1 aromatic heterocycles. The molecule has 0 radical (unpaired) electrons. The third-order valence-corrected chi connectivity index (χ3v) is 8.86. The van der Waals surface area contributed by atoms with E-state index in [9.17, 15) is 9.59 Å². The van der Waals surface area contributed by atoms with Gasteiger partial charge >= 0.3 is 0 Å². The van der Waals surface area contributed by atoms with Gasteiger partial charge in [-0.15, -0.1) is 11.3 Å². The second-order valence-corrected chi connectivity index (χ2v) is 11.3. The highest BCUT2D eigenvalue weighted by Gasteiger charge is 2.31. The quantitative estimate of drug-likeness (QED) is 0.592. The zero-order valence-corrected chi connectivity index (χ0v) is 22.3. The Bertz CT molecular complexity index is 987. The van der Waals surface area contributed by atoms with Gasteiger partial charge in [0, 0.05) is 37.7 Å². The van der Waals surface area contributed by atoms with Crippen LogP contribution in [0, 0.1) is 25.7 Å². The Morgan fingerprint density at radius 3 is 2.34 bits per heavy atom. The van der Waals surface area contributed by atoms with Crippen molar-refractivity contribution in [2.45, 2.75) is 59.3 Å². The number of likely N-dealkylation sites (tertiary alicyclic amines) is 2. The largest absolute Gasteiger partial charge is 0.355 e. The maximum atomic E-state index is 13.3. The number of hydrogen-bond donors (Lipinski definition) is 1. The molecule has 3 heterocycles. The van der Waals surface area contributed by atoms with Crippen molar-refractivity contribution in [3.63, 3.8) is 0 Å². The number of aryl methyl sites for hydroxylation is 2. The SMILES string of the molecule is Cc1ccc(-c2nc(C)c(C(=O)N3CCC([C@@H](C)C(=O)NCCN4CCCCCC4)CC3)s2)cc1. The molecule has 35 heavy (non-hydrogen) atoms. The number of benzene rings is 1. The Morgan fingerprint density at radius 1 is 1.03 bits per heavy atom. The zero-order valence-electron chi connectivity index (χ0n) is 21.5. The first-order chi connectivity index (χ1) is 16.9. The lowest BCUT2D eigenvalue weighted by Crippen LogP contribution is -2.43. The highest BCUT2D eigenvalue weighted by atomic mass is 32.1. The van der Waals surface area contributed by atoms with E-state index in [2.05, 4.69) is 46.4 Å². The molecule has 7 heteroatoms. The van der Waals surface area contributed by atoms with Crippen molar-refractivity contribution in [3.05, 3.63) is 40.4 Å². The highest BCUT2D eigenvalue weighted by Crippen LogP contribution is 2.31. The average Bonchev–Trinajstić information content (AvgIpc) is 3.07. The molecule has 0 aliphatic carbocycles. The molecule has 0 saturated carbocycles. The molecule has 1 N–H and O–H groups in total. The number of carbonyl (C=O) groups excluding carboxylic acids is 2.